The van der Waals surface area contributed by atoms with Crippen LogP contribution in [0.2, 0.25) is 0 Å². The van der Waals surface area contributed by atoms with Crippen LogP contribution in [0.5, 0.6) is 0 Å². The molecule has 0 aliphatic carbocycles. The average molecular weight is 450 g/mol. The van der Waals surface area contributed by atoms with Crippen LogP contribution in [0.25, 0.3) is 0 Å². The number of rotatable bonds is 10. The zero-order chi connectivity index (χ0) is 23.0. The second-order valence-electron chi connectivity index (χ2n) is 7.22. The average Bonchev–Trinajstić information content (AvgIpc) is 2.74. The third-order valence-electron chi connectivity index (χ3n) is 4.71. The van der Waals surface area contributed by atoms with Gasteiger partial charge in [0, 0.05) is 13.1 Å². The summed E-state index contributed by atoms with van der Waals surface area (Å²) < 4.78 is 39.0. The number of sulfonamides is 1. The molecular formula is C22H28FN3O4S. The first-order valence-electron chi connectivity index (χ1n) is 9.98. The standard InChI is InChI=1S/C22H28FN3O4S/c1-4-14-24-22(28)17(2)25(15-18-10-12-19(23)13-11-18)21(27)16-26(31(3,29)30)20-8-6-5-7-9-20/h5-13,17H,4,14-16H2,1-3H3,(H,24,28)/t17-/m1/s1. The van der Waals surface area contributed by atoms with Crippen molar-refractivity contribution in [2.75, 3.05) is 23.7 Å². The van der Waals surface area contributed by atoms with E-state index in [9.17, 15) is 22.4 Å². The quantitative estimate of drug-likeness (QED) is 0.604. The zero-order valence-corrected chi connectivity index (χ0v) is 18.7. The Labute approximate surface area is 182 Å². The Kier molecular flexibility index (Phi) is 8.56. The van der Waals surface area contributed by atoms with E-state index >= 15 is 0 Å². The Hall–Kier alpha value is -2.94. The molecule has 0 heterocycles. The van der Waals surface area contributed by atoms with E-state index in [1.807, 2.05) is 6.92 Å². The highest BCUT2D eigenvalue weighted by atomic mass is 32.2. The van der Waals surface area contributed by atoms with Gasteiger partial charge >= 0.3 is 0 Å². The minimum absolute atomic E-state index is 0.0339. The van der Waals surface area contributed by atoms with Crippen molar-refractivity contribution < 1.29 is 22.4 Å². The van der Waals surface area contributed by atoms with E-state index in [1.165, 1.54) is 29.2 Å². The van der Waals surface area contributed by atoms with Crippen LogP contribution in [0.1, 0.15) is 25.8 Å². The van der Waals surface area contributed by atoms with Crippen LogP contribution in [-0.4, -0.2) is 50.5 Å². The lowest BCUT2D eigenvalue weighted by atomic mass is 10.1. The second-order valence-corrected chi connectivity index (χ2v) is 9.13. The summed E-state index contributed by atoms with van der Waals surface area (Å²) in [6, 6.07) is 13.0. The fourth-order valence-electron chi connectivity index (χ4n) is 2.97. The van der Waals surface area contributed by atoms with Crippen LogP contribution < -0.4 is 9.62 Å². The minimum atomic E-state index is -3.75. The highest BCUT2D eigenvalue weighted by molar-refractivity contribution is 7.92. The summed E-state index contributed by atoms with van der Waals surface area (Å²) in [7, 11) is -3.75. The minimum Gasteiger partial charge on any atom is -0.354 e. The summed E-state index contributed by atoms with van der Waals surface area (Å²) in [5.74, 6) is -1.30. The Balaban J connectivity index is 2.32. The number of carbonyl (C=O) groups is 2. The molecule has 0 fully saturated rings. The summed E-state index contributed by atoms with van der Waals surface area (Å²) in [5.41, 5.74) is 0.971. The Morgan fingerprint density at radius 2 is 1.68 bits per heavy atom. The highest BCUT2D eigenvalue weighted by Gasteiger charge is 2.29. The van der Waals surface area contributed by atoms with Crippen molar-refractivity contribution in [2.45, 2.75) is 32.9 Å². The van der Waals surface area contributed by atoms with E-state index < -0.39 is 34.3 Å². The van der Waals surface area contributed by atoms with Gasteiger partial charge in [0.05, 0.1) is 11.9 Å². The molecule has 0 bridgehead atoms. The number of amides is 2. The van der Waals surface area contributed by atoms with Crippen LogP contribution in [-0.2, 0) is 26.2 Å². The van der Waals surface area contributed by atoms with E-state index in [4.69, 9.17) is 0 Å². The second kappa shape index (κ2) is 10.9. The maximum atomic E-state index is 13.3. The number of benzene rings is 2. The molecule has 2 aromatic carbocycles. The molecule has 0 aliphatic rings. The van der Waals surface area contributed by atoms with Gasteiger partial charge in [-0.05, 0) is 43.2 Å². The molecule has 0 aliphatic heterocycles. The highest BCUT2D eigenvalue weighted by Crippen LogP contribution is 2.18. The third-order valence-corrected chi connectivity index (χ3v) is 5.85. The van der Waals surface area contributed by atoms with Gasteiger partial charge in [-0.25, -0.2) is 12.8 Å². The van der Waals surface area contributed by atoms with Gasteiger partial charge in [0.25, 0.3) is 0 Å². The molecule has 168 valence electrons. The lowest BCUT2D eigenvalue weighted by molar-refractivity contribution is -0.139. The first-order chi connectivity index (χ1) is 14.6. The van der Waals surface area contributed by atoms with Crippen molar-refractivity contribution in [1.82, 2.24) is 10.2 Å². The van der Waals surface area contributed by atoms with Gasteiger partial charge in [-0.3, -0.25) is 13.9 Å². The van der Waals surface area contributed by atoms with Crippen LogP contribution in [0.3, 0.4) is 0 Å². The molecule has 2 rings (SSSR count). The van der Waals surface area contributed by atoms with Gasteiger partial charge < -0.3 is 10.2 Å². The van der Waals surface area contributed by atoms with Crippen molar-refractivity contribution in [3.05, 3.63) is 66.0 Å². The largest absolute Gasteiger partial charge is 0.354 e. The van der Waals surface area contributed by atoms with E-state index in [2.05, 4.69) is 5.32 Å². The predicted molar refractivity (Wildman–Crippen MR) is 118 cm³/mol. The molecule has 7 nitrogen and oxygen atoms in total. The molecule has 2 amide bonds. The molecule has 0 radical (unpaired) electrons. The smallest absolute Gasteiger partial charge is 0.244 e. The molecule has 2 aromatic rings. The van der Waals surface area contributed by atoms with Crippen LogP contribution >= 0.6 is 0 Å². The summed E-state index contributed by atoms with van der Waals surface area (Å²) in [4.78, 5) is 27.1. The number of carbonyl (C=O) groups excluding carboxylic acids is 2. The van der Waals surface area contributed by atoms with E-state index in [0.29, 0.717) is 17.8 Å². The molecule has 0 unspecified atom stereocenters. The number of halogens is 1. The van der Waals surface area contributed by atoms with Gasteiger partial charge in [-0.15, -0.1) is 0 Å². The van der Waals surface area contributed by atoms with Crippen molar-refractivity contribution >= 4 is 27.5 Å². The topological polar surface area (TPSA) is 86.8 Å². The molecule has 0 saturated carbocycles. The van der Waals surface area contributed by atoms with Crippen LogP contribution in [0, 0.1) is 5.82 Å². The maximum absolute atomic E-state index is 13.3. The molecule has 1 N–H and O–H groups in total. The number of hydrogen-bond donors (Lipinski definition) is 1. The van der Waals surface area contributed by atoms with Gasteiger partial charge in [0.2, 0.25) is 21.8 Å². The monoisotopic (exact) mass is 449 g/mol. The number of nitrogens with one attached hydrogen (secondary N) is 1. The SMILES string of the molecule is CCCNC(=O)[C@@H](C)N(Cc1ccc(F)cc1)C(=O)CN(c1ccccc1)S(C)(=O)=O. The Bertz CT molecular complexity index is 982. The summed E-state index contributed by atoms with van der Waals surface area (Å²) >= 11 is 0. The molecule has 9 heteroatoms. The Morgan fingerprint density at radius 1 is 1.06 bits per heavy atom. The number of nitrogens with zero attached hydrogens (tertiary/aromatic N) is 2. The zero-order valence-electron chi connectivity index (χ0n) is 17.9. The van der Waals surface area contributed by atoms with Crippen LogP contribution in [0.4, 0.5) is 10.1 Å². The molecule has 1 atom stereocenters. The van der Waals surface area contributed by atoms with Gasteiger partial charge in [-0.2, -0.15) is 0 Å². The molecule has 31 heavy (non-hydrogen) atoms. The van der Waals surface area contributed by atoms with Crippen molar-refractivity contribution in [3.63, 3.8) is 0 Å². The summed E-state index contributed by atoms with van der Waals surface area (Å²) in [6.07, 6.45) is 1.76. The van der Waals surface area contributed by atoms with Crippen LogP contribution in [0.15, 0.2) is 54.6 Å². The van der Waals surface area contributed by atoms with Crippen molar-refractivity contribution in [1.29, 1.82) is 0 Å². The van der Waals surface area contributed by atoms with Crippen molar-refractivity contribution in [3.8, 4) is 0 Å². The van der Waals surface area contributed by atoms with Gasteiger partial charge in [0.15, 0.2) is 0 Å². The van der Waals surface area contributed by atoms with Gasteiger partial charge in [-0.1, -0.05) is 37.3 Å². The Morgan fingerprint density at radius 3 is 2.23 bits per heavy atom. The fourth-order valence-corrected chi connectivity index (χ4v) is 3.82. The first-order valence-corrected chi connectivity index (χ1v) is 11.8. The number of hydrogen-bond acceptors (Lipinski definition) is 4. The number of anilines is 1. The predicted octanol–water partition coefficient (Wildman–Crippen LogP) is 2.54. The number of para-hydroxylation sites is 1. The van der Waals surface area contributed by atoms with E-state index in [-0.39, 0.29) is 12.5 Å². The van der Waals surface area contributed by atoms with E-state index in [1.54, 1.807) is 37.3 Å². The molecule has 0 spiro atoms. The molecular weight excluding hydrogens is 421 g/mol. The lowest BCUT2D eigenvalue weighted by Crippen LogP contribution is -2.51. The normalized spacial score (nSPS) is 12.1. The fraction of sp³-hybridized carbons (Fsp3) is 0.364. The summed E-state index contributed by atoms with van der Waals surface area (Å²) in [5, 5.41) is 2.75. The third kappa shape index (κ3) is 7.06. The maximum Gasteiger partial charge on any atom is 0.244 e. The lowest BCUT2D eigenvalue weighted by Gasteiger charge is -2.31. The van der Waals surface area contributed by atoms with E-state index in [0.717, 1.165) is 17.0 Å². The van der Waals surface area contributed by atoms with Gasteiger partial charge in [0.1, 0.15) is 18.4 Å². The summed E-state index contributed by atoms with van der Waals surface area (Å²) in [6.45, 7) is 3.53. The molecule has 0 saturated heterocycles. The van der Waals surface area contributed by atoms with Crippen molar-refractivity contribution in [2.24, 2.45) is 0 Å². The first kappa shape index (κ1) is 24.3. The molecule has 0 aromatic heterocycles.